The first-order valence-corrected chi connectivity index (χ1v) is 10.00. The first-order valence-electron chi connectivity index (χ1n) is 7.72. The molecule has 0 saturated carbocycles. The minimum absolute atomic E-state index is 0.0594. The normalized spacial score (nSPS) is 19.8. The fourth-order valence-corrected chi connectivity index (χ4v) is 3.61. The molecule has 1 saturated heterocycles. The number of esters is 1. The Kier molecular flexibility index (Phi) is 6.52. The monoisotopic (exact) mass is 435 g/mol. The van der Waals surface area contributed by atoms with Crippen LogP contribution in [0.5, 0.6) is 0 Å². The molecule has 15 heteroatoms. The number of methoxy groups -OCH3 is 1. The molecule has 2 atom stereocenters. The lowest BCUT2D eigenvalue weighted by molar-refractivity contribution is -0.162. The van der Waals surface area contributed by atoms with E-state index in [1.807, 2.05) is 6.92 Å². The van der Waals surface area contributed by atoms with Gasteiger partial charge < -0.3 is 20.6 Å². The number of hydrogen-bond donors (Lipinski definition) is 3. The van der Waals surface area contributed by atoms with Gasteiger partial charge in [0.2, 0.25) is 0 Å². The number of nitrogen functional groups attached to an aromatic ring is 1. The number of nitrogens with two attached hydrogens (primary N) is 1. The quantitative estimate of drug-likeness (QED) is 0.108. The molecule has 13 nitrogen and oxygen atoms in total. The smallest absolute Gasteiger partial charge is 0.363 e. The maximum Gasteiger partial charge on any atom is 0.363 e. The zero-order chi connectivity index (χ0) is 21.1. The van der Waals surface area contributed by atoms with Gasteiger partial charge in [-0.25, -0.2) is 9.78 Å². The molecule has 0 bridgehead atoms. The summed E-state index contributed by atoms with van der Waals surface area (Å²) in [5, 5.41) is 7.42. The summed E-state index contributed by atoms with van der Waals surface area (Å²) >= 11 is 1.03. The molecule has 0 radical (unpaired) electrons. The lowest BCUT2D eigenvalue weighted by Gasteiger charge is -2.41. The Labute approximate surface area is 163 Å². The molecule has 2 heterocycles. The fourth-order valence-electron chi connectivity index (χ4n) is 2.22. The maximum absolute atomic E-state index is 12.6. The molecule has 1 aromatic heterocycles. The van der Waals surface area contributed by atoms with Crippen LogP contribution in [0.3, 0.4) is 0 Å². The molecule has 2 amide bonds. The Morgan fingerprint density at radius 2 is 2.18 bits per heavy atom. The first kappa shape index (κ1) is 21.5. The number of nitrogens with zero attached hydrogens (tertiary/aromatic N) is 3. The zero-order valence-electron chi connectivity index (χ0n) is 14.7. The van der Waals surface area contributed by atoms with E-state index in [2.05, 4.69) is 20.2 Å². The topological polar surface area (TPSA) is 191 Å². The van der Waals surface area contributed by atoms with Crippen LogP contribution in [0.2, 0.25) is 0 Å². The summed E-state index contributed by atoms with van der Waals surface area (Å²) in [6.07, 6.45) is 0.604. The number of aromatic nitrogens is 1. The van der Waals surface area contributed by atoms with E-state index in [0.717, 1.165) is 18.4 Å². The average Bonchev–Trinajstić information content (AvgIpc) is 3.04. The second-order valence-electron chi connectivity index (χ2n) is 5.38. The van der Waals surface area contributed by atoms with E-state index >= 15 is 0 Å². The highest BCUT2D eigenvalue weighted by Gasteiger charge is 2.58. The number of thiazole rings is 1. The van der Waals surface area contributed by atoms with E-state index < -0.39 is 40.2 Å². The summed E-state index contributed by atoms with van der Waals surface area (Å²) in [6.45, 7) is 2.01. The molecule has 4 N–H and O–H groups in total. The van der Waals surface area contributed by atoms with Crippen molar-refractivity contribution in [2.45, 2.75) is 25.4 Å². The second-order valence-corrected chi connectivity index (χ2v) is 7.55. The van der Waals surface area contributed by atoms with Crippen LogP contribution in [0.15, 0.2) is 10.5 Å². The Morgan fingerprint density at radius 3 is 2.68 bits per heavy atom. The van der Waals surface area contributed by atoms with Gasteiger partial charge in [-0.3, -0.25) is 14.1 Å². The highest BCUT2D eigenvalue weighted by atomic mass is 32.2. The third-order valence-electron chi connectivity index (χ3n) is 3.46. The summed E-state index contributed by atoms with van der Waals surface area (Å²) in [6, 6.07) is -3.37. The van der Waals surface area contributed by atoms with Crippen LogP contribution < -0.4 is 11.1 Å². The molecule has 2 rings (SSSR count). The van der Waals surface area contributed by atoms with Gasteiger partial charge in [0, 0.05) is 5.38 Å². The van der Waals surface area contributed by atoms with Crippen molar-refractivity contribution in [3.63, 3.8) is 0 Å². The predicted octanol–water partition coefficient (Wildman–Crippen LogP) is -1.47. The van der Waals surface area contributed by atoms with Crippen molar-refractivity contribution in [3.05, 3.63) is 11.1 Å². The second kappa shape index (κ2) is 8.49. The molecule has 28 heavy (non-hydrogen) atoms. The molecule has 1 fully saturated rings. The van der Waals surface area contributed by atoms with Gasteiger partial charge in [0.1, 0.15) is 18.3 Å². The van der Waals surface area contributed by atoms with Gasteiger partial charge in [0.05, 0.1) is 7.11 Å². The summed E-state index contributed by atoms with van der Waals surface area (Å²) in [7, 11) is -4.07. The summed E-state index contributed by atoms with van der Waals surface area (Å²) in [4.78, 5) is 45.3. The highest BCUT2D eigenvalue weighted by molar-refractivity contribution is 7.84. The van der Waals surface area contributed by atoms with E-state index in [4.69, 9.17) is 15.1 Å². The first-order chi connectivity index (χ1) is 13.1. The van der Waals surface area contributed by atoms with Crippen molar-refractivity contribution in [2.75, 3.05) is 19.5 Å². The van der Waals surface area contributed by atoms with Gasteiger partial charge in [-0.2, -0.15) is 12.7 Å². The molecule has 1 aliphatic rings. The van der Waals surface area contributed by atoms with E-state index in [-0.39, 0.29) is 27.4 Å². The highest BCUT2D eigenvalue weighted by Crippen LogP contribution is 2.25. The van der Waals surface area contributed by atoms with Gasteiger partial charge in [0.15, 0.2) is 16.9 Å². The molecule has 154 valence electrons. The fraction of sp³-hybridized carbons (Fsp3) is 0.462. The van der Waals surface area contributed by atoms with Crippen molar-refractivity contribution in [2.24, 2.45) is 5.16 Å². The maximum atomic E-state index is 12.6. The van der Waals surface area contributed by atoms with Gasteiger partial charge in [-0.1, -0.05) is 12.1 Å². The van der Waals surface area contributed by atoms with E-state index in [0.29, 0.717) is 6.42 Å². The van der Waals surface area contributed by atoms with Crippen molar-refractivity contribution >= 4 is 50.3 Å². The third kappa shape index (κ3) is 4.37. The van der Waals surface area contributed by atoms with Crippen molar-refractivity contribution in [3.8, 4) is 0 Å². The zero-order valence-corrected chi connectivity index (χ0v) is 16.3. The van der Waals surface area contributed by atoms with E-state index in [1.54, 1.807) is 0 Å². The number of rotatable bonds is 8. The Hall–Kier alpha value is -2.78. The van der Waals surface area contributed by atoms with Crippen molar-refractivity contribution in [1.29, 1.82) is 0 Å². The van der Waals surface area contributed by atoms with Crippen LogP contribution in [-0.4, -0.2) is 71.6 Å². The standard InChI is InChI=1S/C13H17N5O8S2/c1-3-4-26-17-7(6-5-27-13(14)15-6)10(19)16-8-9(12(21)25-2)18(11(8)20)28(22,23)24/h5,8-9H,3-4H2,1-2H3,(H2,14,15)(H,16,19)(H,22,23,24)/t8-,9-/m0/s1. The van der Waals surface area contributed by atoms with Crippen molar-refractivity contribution < 1.29 is 36.9 Å². The number of amides is 2. The van der Waals surface area contributed by atoms with E-state index in [1.165, 1.54) is 5.38 Å². The minimum Gasteiger partial charge on any atom is -0.467 e. The number of carbonyl (C=O) groups excluding carboxylic acids is 3. The number of oxime groups is 1. The Bertz CT molecular complexity index is 912. The predicted molar refractivity (Wildman–Crippen MR) is 95.4 cm³/mol. The molecule has 1 aromatic rings. The number of anilines is 1. The molecule has 1 aliphatic heterocycles. The molecular weight excluding hydrogens is 418 g/mol. The Morgan fingerprint density at radius 1 is 1.50 bits per heavy atom. The largest absolute Gasteiger partial charge is 0.467 e. The Balaban J connectivity index is 2.27. The molecule has 0 spiro atoms. The number of ether oxygens (including phenoxy) is 1. The van der Waals surface area contributed by atoms with Gasteiger partial charge >= 0.3 is 16.3 Å². The molecule has 0 aromatic carbocycles. The summed E-state index contributed by atoms with van der Waals surface area (Å²) in [5.41, 5.74) is 5.27. The summed E-state index contributed by atoms with van der Waals surface area (Å²) < 4.78 is 36.0. The number of nitrogens with one attached hydrogen (secondary N) is 1. The number of carbonyl (C=O) groups is 3. The summed E-state index contributed by atoms with van der Waals surface area (Å²) in [5.74, 6) is -3.34. The minimum atomic E-state index is -5.03. The molecule has 0 aliphatic carbocycles. The third-order valence-corrected chi connectivity index (χ3v) is 5.04. The SMILES string of the molecule is CCCON=C(C(=O)N[C@@H]1C(=O)N(S(=O)(=O)O)[C@@H]1C(=O)OC)c1csc(N)n1. The number of β-lactam (4-membered cyclic amide) rings is 1. The van der Waals surface area contributed by atoms with Gasteiger partial charge in [0.25, 0.3) is 11.8 Å². The molecule has 0 unspecified atom stereocenters. The van der Waals surface area contributed by atoms with Crippen molar-refractivity contribution in [1.82, 2.24) is 14.6 Å². The lowest BCUT2D eigenvalue weighted by Crippen LogP contribution is -2.74. The van der Waals surface area contributed by atoms with Crippen LogP contribution in [0.4, 0.5) is 5.13 Å². The van der Waals surface area contributed by atoms with Crippen LogP contribution >= 0.6 is 11.3 Å². The number of hydrogen-bond acceptors (Lipinski definition) is 11. The van der Waals surface area contributed by atoms with Crippen LogP contribution in [0.1, 0.15) is 19.0 Å². The van der Waals surface area contributed by atoms with Crippen LogP contribution in [0, 0.1) is 0 Å². The average molecular weight is 435 g/mol. The van der Waals surface area contributed by atoms with Crippen LogP contribution in [0.25, 0.3) is 0 Å². The lowest BCUT2D eigenvalue weighted by atomic mass is 9.98. The van der Waals surface area contributed by atoms with E-state index in [9.17, 15) is 22.8 Å². The molecular formula is C13H17N5O8S2. The van der Waals surface area contributed by atoms with Crippen LogP contribution in [-0.2, 0) is 34.3 Å². The van der Waals surface area contributed by atoms with Gasteiger partial charge in [-0.05, 0) is 6.42 Å². The van der Waals surface area contributed by atoms with Gasteiger partial charge in [-0.15, -0.1) is 11.3 Å².